The first-order valence-corrected chi connectivity index (χ1v) is 20.2. The number of ketones is 1. The summed E-state index contributed by atoms with van der Waals surface area (Å²) in [5.74, 6) is -0.686. The van der Waals surface area contributed by atoms with E-state index in [0.717, 1.165) is 27.8 Å². The molecule has 1 fully saturated rings. The third-order valence-corrected chi connectivity index (χ3v) is 9.71. The minimum atomic E-state index is -4.02. The lowest BCUT2D eigenvalue weighted by molar-refractivity contribution is -0.147. The van der Waals surface area contributed by atoms with Crippen molar-refractivity contribution in [1.82, 2.24) is 10.2 Å². The van der Waals surface area contributed by atoms with Gasteiger partial charge in [-0.1, -0.05) is 139 Å². The maximum Gasteiger partial charge on any atom is 0.329 e. The van der Waals surface area contributed by atoms with Crippen LogP contribution in [-0.4, -0.2) is 66.8 Å². The lowest BCUT2D eigenvalue weighted by Crippen LogP contribution is -2.51. The Morgan fingerprint density at radius 1 is 0.655 bits per heavy atom. The van der Waals surface area contributed by atoms with Crippen LogP contribution in [0.4, 0.5) is 4.79 Å². The van der Waals surface area contributed by atoms with Crippen molar-refractivity contribution in [2.45, 2.75) is 62.8 Å². The van der Waals surface area contributed by atoms with Gasteiger partial charge in [0.1, 0.15) is 31.1 Å². The lowest BCUT2D eigenvalue weighted by Gasteiger charge is -2.28. The van der Waals surface area contributed by atoms with Crippen LogP contribution in [0.1, 0.15) is 40.7 Å². The molecule has 0 spiro atoms. The molecule has 0 aliphatic carbocycles. The molecule has 1 heterocycles. The second kappa shape index (κ2) is 23.2. The number of Topliss-reactive ketones (excluding diaryl/α,β-unsaturated/α-hetero) is 1. The highest BCUT2D eigenvalue weighted by molar-refractivity contribution is 7.85. The molecule has 13 heteroatoms. The van der Waals surface area contributed by atoms with Crippen molar-refractivity contribution < 1.29 is 41.6 Å². The molecule has 1 aliphatic heterocycles. The van der Waals surface area contributed by atoms with Gasteiger partial charge < -0.3 is 25.4 Å². The van der Waals surface area contributed by atoms with Crippen LogP contribution < -0.4 is 11.1 Å². The number of urea groups is 1. The molecule has 6 rings (SSSR count). The Balaban J connectivity index is 0.000000213. The summed E-state index contributed by atoms with van der Waals surface area (Å²) in [5, 5.41) is 2.79. The van der Waals surface area contributed by atoms with Gasteiger partial charge in [-0.25, -0.2) is 9.59 Å². The number of carbonyl (C=O) groups is 4. The van der Waals surface area contributed by atoms with Gasteiger partial charge in [0, 0.05) is 32.4 Å². The van der Waals surface area contributed by atoms with E-state index in [2.05, 4.69) is 5.32 Å². The van der Waals surface area contributed by atoms with E-state index in [0.29, 0.717) is 38.8 Å². The predicted molar refractivity (Wildman–Crippen MR) is 220 cm³/mol. The van der Waals surface area contributed by atoms with Crippen LogP contribution in [0, 0.1) is 6.92 Å². The average Bonchev–Trinajstić information content (AvgIpc) is 3.23. The number of nitrogens with two attached hydrogens (primary N) is 1. The summed E-state index contributed by atoms with van der Waals surface area (Å²) >= 11 is 0. The molecule has 0 radical (unpaired) electrons. The molecule has 4 N–H and O–H groups in total. The summed E-state index contributed by atoms with van der Waals surface area (Å²) in [5.41, 5.74) is 10.6. The number of amides is 2. The Morgan fingerprint density at radius 2 is 1.07 bits per heavy atom. The zero-order chi connectivity index (χ0) is 41.8. The molecular formula is C45H49N3O9S. The second-order valence-corrected chi connectivity index (χ2v) is 14.9. The molecule has 58 heavy (non-hydrogen) atoms. The Kier molecular flexibility index (Phi) is 17.8. The van der Waals surface area contributed by atoms with Gasteiger partial charge in [-0.15, -0.1) is 0 Å². The summed E-state index contributed by atoms with van der Waals surface area (Å²) in [4.78, 5) is 49.9. The number of rotatable bonds is 12. The highest BCUT2D eigenvalue weighted by atomic mass is 32.2. The zero-order valence-electron chi connectivity index (χ0n) is 32.3. The van der Waals surface area contributed by atoms with Gasteiger partial charge in [-0.05, 0) is 47.7 Å². The van der Waals surface area contributed by atoms with Crippen LogP contribution in [0.25, 0.3) is 0 Å². The number of carbonyl (C=O) groups excluding carboxylic acids is 4. The fraction of sp³-hybridized carbons (Fsp3) is 0.244. The Hall–Kier alpha value is -6.15. The van der Waals surface area contributed by atoms with Crippen molar-refractivity contribution >= 4 is 33.9 Å². The summed E-state index contributed by atoms with van der Waals surface area (Å²) in [6.45, 7) is 3.01. The molecule has 0 aromatic heterocycles. The molecule has 0 saturated carbocycles. The van der Waals surface area contributed by atoms with E-state index in [1.807, 2.05) is 128 Å². The van der Waals surface area contributed by atoms with Gasteiger partial charge in [-0.3, -0.25) is 14.1 Å². The second-order valence-electron chi connectivity index (χ2n) is 13.5. The van der Waals surface area contributed by atoms with E-state index < -0.39 is 28.2 Å². The summed E-state index contributed by atoms with van der Waals surface area (Å²) < 4.78 is 40.2. The van der Waals surface area contributed by atoms with Gasteiger partial charge in [0.05, 0.1) is 4.90 Å². The maximum absolute atomic E-state index is 12.7. The summed E-state index contributed by atoms with van der Waals surface area (Å²) in [6.07, 6.45) is 1.55. The van der Waals surface area contributed by atoms with Crippen LogP contribution in [-0.2, 0) is 60.0 Å². The highest BCUT2D eigenvalue weighted by Gasteiger charge is 2.27. The third-order valence-electron chi connectivity index (χ3n) is 8.84. The van der Waals surface area contributed by atoms with Crippen molar-refractivity contribution in [3.05, 3.63) is 173 Å². The molecule has 1 saturated heterocycles. The van der Waals surface area contributed by atoms with E-state index in [4.69, 9.17) is 19.8 Å². The Bertz CT molecular complexity index is 2130. The largest absolute Gasteiger partial charge is 0.460 e. The van der Waals surface area contributed by atoms with Crippen molar-refractivity contribution in [1.29, 1.82) is 0 Å². The van der Waals surface area contributed by atoms with E-state index >= 15 is 0 Å². The maximum atomic E-state index is 12.7. The van der Waals surface area contributed by atoms with Gasteiger partial charge in [-0.2, -0.15) is 8.42 Å². The molecule has 12 nitrogen and oxygen atoms in total. The number of ether oxygens (including phenoxy) is 2. The van der Waals surface area contributed by atoms with Crippen molar-refractivity contribution in [3.63, 3.8) is 0 Å². The topological polar surface area (TPSA) is 182 Å². The Morgan fingerprint density at radius 3 is 1.52 bits per heavy atom. The van der Waals surface area contributed by atoms with E-state index in [1.165, 1.54) is 12.1 Å². The lowest BCUT2D eigenvalue weighted by atomic mass is 10.1. The molecule has 5 aromatic carbocycles. The first-order valence-electron chi connectivity index (χ1n) is 18.7. The molecule has 2 amide bonds. The number of benzene rings is 5. The number of likely N-dealkylation sites (tertiary alicyclic amines) is 1. The van der Waals surface area contributed by atoms with Crippen molar-refractivity contribution in [2.24, 2.45) is 5.73 Å². The quantitative estimate of drug-likeness (QED) is 0.0962. The van der Waals surface area contributed by atoms with Crippen LogP contribution in [0.15, 0.2) is 150 Å². The SMILES string of the molecule is Cc1ccc(S(=O)(=O)O)cc1.N[C@@H](Cc1ccccc1)C(=O)OCc1ccccc1.O=C1CCN(C(=O)N[C@@H](Cc2ccccc2)C(=O)OCc2ccccc2)CC1. The fourth-order valence-corrected chi connectivity index (χ4v) is 6.05. The number of nitrogens with zero attached hydrogens (tertiary/aromatic N) is 1. The smallest absolute Gasteiger partial charge is 0.329 e. The normalized spacial score (nSPS) is 13.3. The standard InChI is InChI=1S/C22H24N2O4.C16H17NO2.C7H8O3S/c25-19-11-13-24(14-12-19)22(27)23-20(15-17-7-3-1-4-8-17)21(26)28-16-18-9-5-2-6-10-18;17-15(11-13-7-3-1-4-8-13)16(18)19-12-14-9-5-2-6-10-14;1-6-2-4-7(5-3-6)11(8,9)10/h1-10,20H,11-16H2,(H,23,27);1-10,15H,11-12,17H2;2-5H,1H3,(H,8,9,10)/t20-;15-;/m00./s1. The number of aryl methyl sites for hydroxylation is 1. The first-order chi connectivity index (χ1) is 27.9. The average molecular weight is 808 g/mol. The van der Waals surface area contributed by atoms with Gasteiger partial charge >= 0.3 is 18.0 Å². The highest BCUT2D eigenvalue weighted by Crippen LogP contribution is 2.12. The van der Waals surface area contributed by atoms with E-state index in [9.17, 15) is 27.6 Å². The fourth-order valence-electron chi connectivity index (χ4n) is 5.57. The van der Waals surface area contributed by atoms with E-state index in [1.54, 1.807) is 17.0 Å². The molecule has 5 aromatic rings. The first kappa shape index (κ1) is 44.6. The molecular weight excluding hydrogens is 759 g/mol. The van der Waals surface area contributed by atoms with Gasteiger partial charge in [0.25, 0.3) is 10.1 Å². The summed E-state index contributed by atoms with van der Waals surface area (Å²) in [6, 6.07) is 42.4. The number of hydrogen-bond acceptors (Lipinski definition) is 9. The number of nitrogens with one attached hydrogen (secondary N) is 1. The number of hydrogen-bond donors (Lipinski definition) is 3. The van der Waals surface area contributed by atoms with Crippen LogP contribution in [0.5, 0.6) is 0 Å². The third kappa shape index (κ3) is 16.1. The number of esters is 2. The molecule has 0 unspecified atom stereocenters. The van der Waals surface area contributed by atoms with Gasteiger partial charge in [0.2, 0.25) is 0 Å². The molecule has 304 valence electrons. The van der Waals surface area contributed by atoms with Gasteiger partial charge in [0.15, 0.2) is 0 Å². The molecule has 1 aliphatic rings. The van der Waals surface area contributed by atoms with E-state index in [-0.39, 0.29) is 35.9 Å². The zero-order valence-corrected chi connectivity index (χ0v) is 33.1. The van der Waals surface area contributed by atoms with Crippen LogP contribution in [0.3, 0.4) is 0 Å². The van der Waals surface area contributed by atoms with Crippen LogP contribution in [0.2, 0.25) is 0 Å². The van der Waals surface area contributed by atoms with Crippen molar-refractivity contribution in [2.75, 3.05) is 13.1 Å². The molecule has 2 atom stereocenters. The minimum Gasteiger partial charge on any atom is -0.460 e. The molecule has 0 bridgehead atoms. The minimum absolute atomic E-state index is 0.0666. The summed E-state index contributed by atoms with van der Waals surface area (Å²) in [7, 11) is -4.02. The Labute approximate surface area is 339 Å². The monoisotopic (exact) mass is 807 g/mol. The predicted octanol–water partition coefficient (Wildman–Crippen LogP) is 6.26. The van der Waals surface area contributed by atoms with Crippen molar-refractivity contribution in [3.8, 4) is 0 Å². The number of piperidine rings is 1. The van der Waals surface area contributed by atoms with Crippen LogP contribution >= 0.6 is 0 Å².